The molecule has 162 valence electrons. The molecule has 0 saturated heterocycles. The number of allylic oxidation sites excluding steroid dienone is 9. The molecule has 0 bridgehead atoms. The van der Waals surface area contributed by atoms with Crippen LogP contribution in [0.4, 0.5) is 13.2 Å². The van der Waals surface area contributed by atoms with Crippen molar-refractivity contribution in [2.75, 3.05) is 27.7 Å². The molecule has 0 atom stereocenters. The van der Waals surface area contributed by atoms with Crippen molar-refractivity contribution in [1.29, 1.82) is 0 Å². The number of halogens is 3. The Morgan fingerprint density at radius 1 is 1.23 bits per heavy atom. The fourth-order valence-corrected chi connectivity index (χ4v) is 2.68. The van der Waals surface area contributed by atoms with Gasteiger partial charge in [-0.05, 0) is 36.6 Å². The van der Waals surface area contributed by atoms with E-state index in [1.165, 1.54) is 4.90 Å². The molecule has 0 spiro atoms. The summed E-state index contributed by atoms with van der Waals surface area (Å²) in [6, 6.07) is 0. The number of hydrogen-bond acceptors (Lipinski definition) is 2. The molecule has 1 amide bonds. The summed E-state index contributed by atoms with van der Waals surface area (Å²) in [6.07, 6.45) is 10.9. The Kier molecular flexibility index (Phi) is 9.37. The average molecular weight is 419 g/mol. The third-order valence-electron chi connectivity index (χ3n) is 4.35. The molecule has 0 unspecified atom stereocenters. The molecular formula is C24H29F3N2O. The largest absolute Gasteiger partial charge is 0.415 e. The second kappa shape index (κ2) is 11.2. The number of hydrogen-bond donors (Lipinski definition) is 0. The van der Waals surface area contributed by atoms with Crippen LogP contribution in [0.25, 0.3) is 0 Å². The average Bonchev–Trinajstić information content (AvgIpc) is 2.93. The summed E-state index contributed by atoms with van der Waals surface area (Å²) < 4.78 is 39.5. The highest BCUT2D eigenvalue weighted by atomic mass is 19.4. The fourth-order valence-electron chi connectivity index (χ4n) is 2.68. The van der Waals surface area contributed by atoms with E-state index in [4.69, 9.17) is 0 Å². The number of alkyl halides is 3. The number of likely N-dealkylation sites (N-methyl/N-ethyl adjacent to an activating group) is 2. The van der Waals surface area contributed by atoms with Crippen LogP contribution >= 0.6 is 0 Å². The van der Waals surface area contributed by atoms with Crippen LogP contribution in [0.3, 0.4) is 0 Å². The topological polar surface area (TPSA) is 23.6 Å². The van der Waals surface area contributed by atoms with E-state index in [1.54, 1.807) is 56.4 Å². The van der Waals surface area contributed by atoms with Crippen LogP contribution in [0.5, 0.6) is 0 Å². The summed E-state index contributed by atoms with van der Waals surface area (Å²) in [5.41, 5.74) is 1.40. The third kappa shape index (κ3) is 7.43. The highest BCUT2D eigenvalue weighted by Gasteiger charge is 2.31. The Morgan fingerprint density at radius 3 is 2.43 bits per heavy atom. The first-order valence-corrected chi connectivity index (χ1v) is 9.43. The van der Waals surface area contributed by atoms with E-state index < -0.39 is 11.7 Å². The summed E-state index contributed by atoms with van der Waals surface area (Å²) in [7, 11) is 5.01. The lowest BCUT2D eigenvalue weighted by molar-refractivity contribution is -0.124. The number of rotatable bonds is 8. The molecule has 0 aliphatic heterocycles. The number of amides is 1. The Hall–Kier alpha value is -3.02. The van der Waals surface area contributed by atoms with Crippen LogP contribution in [0.15, 0.2) is 95.8 Å². The summed E-state index contributed by atoms with van der Waals surface area (Å²) in [5.74, 6) is -0.175. The van der Waals surface area contributed by atoms with Gasteiger partial charge in [0, 0.05) is 39.0 Å². The van der Waals surface area contributed by atoms with Crippen molar-refractivity contribution in [3.05, 3.63) is 95.8 Å². The van der Waals surface area contributed by atoms with Gasteiger partial charge in [0.05, 0.1) is 5.57 Å². The SMILES string of the molecule is C=C/C(=C\C=C/C)CN(C)/C(=C\C(=C)C(F)(F)F)C1=CC=C(C(=O)N(C)C)C=CC1. The fraction of sp³-hybridized carbons (Fsp3) is 0.292. The quantitative estimate of drug-likeness (QED) is 0.485. The number of carbonyl (C=O) groups is 1. The minimum absolute atomic E-state index is 0.175. The maximum Gasteiger partial charge on any atom is 0.415 e. The van der Waals surface area contributed by atoms with Gasteiger partial charge in [0.25, 0.3) is 5.91 Å². The van der Waals surface area contributed by atoms with Gasteiger partial charge in [-0.25, -0.2) is 0 Å². The van der Waals surface area contributed by atoms with Gasteiger partial charge in [-0.3, -0.25) is 4.79 Å². The molecule has 0 radical (unpaired) electrons. The summed E-state index contributed by atoms with van der Waals surface area (Å²) in [4.78, 5) is 15.4. The van der Waals surface area contributed by atoms with Crippen LogP contribution in [0, 0.1) is 0 Å². The molecule has 0 heterocycles. The van der Waals surface area contributed by atoms with Gasteiger partial charge >= 0.3 is 6.18 Å². The summed E-state index contributed by atoms with van der Waals surface area (Å²) in [5, 5.41) is 0. The van der Waals surface area contributed by atoms with Crippen molar-refractivity contribution in [2.45, 2.75) is 19.5 Å². The van der Waals surface area contributed by atoms with Crippen molar-refractivity contribution >= 4 is 5.91 Å². The molecule has 0 aromatic rings. The zero-order valence-corrected chi connectivity index (χ0v) is 18.0. The van der Waals surface area contributed by atoms with Gasteiger partial charge in [0.15, 0.2) is 0 Å². The molecule has 3 nitrogen and oxygen atoms in total. The van der Waals surface area contributed by atoms with Gasteiger partial charge in [-0.1, -0.05) is 55.7 Å². The van der Waals surface area contributed by atoms with E-state index in [1.807, 2.05) is 25.2 Å². The lowest BCUT2D eigenvalue weighted by Crippen LogP contribution is -2.23. The van der Waals surface area contributed by atoms with Crippen molar-refractivity contribution in [3.63, 3.8) is 0 Å². The molecule has 0 aromatic carbocycles. The van der Waals surface area contributed by atoms with E-state index in [0.717, 1.165) is 11.6 Å². The number of carbonyl (C=O) groups excluding carboxylic acids is 1. The summed E-state index contributed by atoms with van der Waals surface area (Å²) >= 11 is 0. The van der Waals surface area contributed by atoms with Gasteiger partial charge < -0.3 is 9.80 Å². The van der Waals surface area contributed by atoms with E-state index in [-0.39, 0.29) is 5.91 Å². The maximum absolute atomic E-state index is 13.2. The Morgan fingerprint density at radius 2 is 1.90 bits per heavy atom. The Labute approximate surface area is 177 Å². The van der Waals surface area contributed by atoms with Gasteiger partial charge in [0.2, 0.25) is 0 Å². The van der Waals surface area contributed by atoms with Crippen LogP contribution in [0.2, 0.25) is 0 Å². The first-order chi connectivity index (χ1) is 14.0. The number of nitrogens with zero attached hydrogens (tertiary/aromatic N) is 2. The van der Waals surface area contributed by atoms with Crippen LogP contribution < -0.4 is 0 Å². The zero-order chi connectivity index (χ0) is 22.9. The molecule has 0 fully saturated rings. The van der Waals surface area contributed by atoms with Crippen molar-refractivity contribution in [3.8, 4) is 0 Å². The predicted octanol–water partition coefficient (Wildman–Crippen LogP) is 5.51. The lowest BCUT2D eigenvalue weighted by Gasteiger charge is -2.26. The lowest BCUT2D eigenvalue weighted by atomic mass is 10.0. The predicted molar refractivity (Wildman–Crippen MR) is 118 cm³/mol. The molecule has 1 rings (SSSR count). The van der Waals surface area contributed by atoms with Crippen molar-refractivity contribution in [1.82, 2.24) is 9.80 Å². The van der Waals surface area contributed by atoms with Crippen molar-refractivity contribution in [2.24, 2.45) is 0 Å². The first-order valence-electron chi connectivity index (χ1n) is 9.43. The molecule has 1 aliphatic carbocycles. The van der Waals surface area contributed by atoms with Crippen molar-refractivity contribution < 1.29 is 18.0 Å². The van der Waals surface area contributed by atoms with Gasteiger partial charge in [-0.2, -0.15) is 13.2 Å². The summed E-state index contributed by atoms with van der Waals surface area (Å²) in [6.45, 7) is 9.20. The standard InChI is InChI=1S/C24H29F3N2O/c1-7-9-11-19(8-2)17-29(6)22(16-18(3)24(25,26)27)20-12-10-13-21(15-14-20)23(30)28(4)5/h7-11,13-16H,2-3,12,17H2,1,4-6H3/b9-7-,19-11+,22-16-. The van der Waals surface area contributed by atoms with Crippen LogP contribution in [-0.4, -0.2) is 49.6 Å². The highest BCUT2D eigenvalue weighted by Crippen LogP contribution is 2.30. The second-order valence-corrected chi connectivity index (χ2v) is 7.00. The molecule has 0 N–H and O–H groups in total. The van der Waals surface area contributed by atoms with Gasteiger partial charge in [0.1, 0.15) is 0 Å². The molecule has 30 heavy (non-hydrogen) atoms. The first kappa shape index (κ1) is 25.0. The van der Waals surface area contributed by atoms with Crippen LogP contribution in [0.1, 0.15) is 13.3 Å². The maximum atomic E-state index is 13.2. The van der Waals surface area contributed by atoms with Gasteiger partial charge in [-0.15, -0.1) is 0 Å². The zero-order valence-electron chi connectivity index (χ0n) is 18.0. The van der Waals surface area contributed by atoms with E-state index in [0.29, 0.717) is 29.8 Å². The smallest absolute Gasteiger partial charge is 0.370 e. The Bertz CT molecular complexity index is 850. The Balaban J connectivity index is 3.39. The minimum Gasteiger partial charge on any atom is -0.370 e. The molecular weight excluding hydrogens is 389 g/mol. The van der Waals surface area contributed by atoms with E-state index in [2.05, 4.69) is 13.2 Å². The second-order valence-electron chi connectivity index (χ2n) is 7.00. The normalized spacial score (nSPS) is 15.4. The van der Waals surface area contributed by atoms with E-state index in [9.17, 15) is 18.0 Å². The van der Waals surface area contributed by atoms with E-state index >= 15 is 0 Å². The van der Waals surface area contributed by atoms with Crippen LogP contribution in [-0.2, 0) is 4.79 Å². The molecule has 0 aromatic heterocycles. The third-order valence-corrected chi connectivity index (χ3v) is 4.35. The molecule has 6 heteroatoms. The highest BCUT2D eigenvalue weighted by molar-refractivity contribution is 5.96. The molecule has 0 saturated carbocycles. The monoisotopic (exact) mass is 418 g/mol. The minimum atomic E-state index is -4.53. The molecule has 1 aliphatic rings.